The van der Waals surface area contributed by atoms with Crippen molar-refractivity contribution in [3.63, 3.8) is 0 Å². The maximum atomic E-state index is 12.0. The number of hydroxylamine groups is 2. The average Bonchev–Trinajstić information content (AvgIpc) is 2.83. The first kappa shape index (κ1) is 13.9. The number of carbonyl (C=O) groups is 1. The second-order valence-electron chi connectivity index (χ2n) is 4.77. The summed E-state index contributed by atoms with van der Waals surface area (Å²) in [6.45, 7) is 0.0829. The van der Waals surface area contributed by atoms with Crippen molar-refractivity contribution in [2.75, 3.05) is 0 Å². The standard InChI is InChI=1S/C15H11N3O4/c19-15-14(17(20)9-10-4-2-1-3-5-10)12-8-11(18(21)22)6-7-13(12)16-15/h1-8,20H,9H2. The molecule has 1 amide bonds. The molecule has 7 nitrogen and oxygen atoms in total. The summed E-state index contributed by atoms with van der Waals surface area (Å²) in [5, 5.41) is 22.4. The lowest BCUT2D eigenvalue weighted by atomic mass is 10.2. The van der Waals surface area contributed by atoms with Crippen LogP contribution in [-0.4, -0.2) is 21.1 Å². The van der Waals surface area contributed by atoms with Crippen molar-refractivity contribution in [2.24, 2.45) is 4.99 Å². The lowest BCUT2D eigenvalue weighted by Crippen LogP contribution is -2.30. The molecule has 3 rings (SSSR count). The number of benzene rings is 2. The molecule has 110 valence electrons. The molecule has 22 heavy (non-hydrogen) atoms. The Kier molecular flexibility index (Phi) is 3.40. The molecule has 0 radical (unpaired) electrons. The highest BCUT2D eigenvalue weighted by Crippen LogP contribution is 2.13. The van der Waals surface area contributed by atoms with Gasteiger partial charge in [0.1, 0.15) is 5.70 Å². The van der Waals surface area contributed by atoms with Crippen LogP contribution in [0.15, 0.2) is 53.5 Å². The van der Waals surface area contributed by atoms with Crippen molar-refractivity contribution in [1.29, 1.82) is 0 Å². The van der Waals surface area contributed by atoms with Crippen molar-refractivity contribution in [1.82, 2.24) is 5.06 Å². The van der Waals surface area contributed by atoms with Gasteiger partial charge in [-0.1, -0.05) is 30.3 Å². The van der Waals surface area contributed by atoms with Gasteiger partial charge in [-0.15, -0.1) is 0 Å². The summed E-state index contributed by atoms with van der Waals surface area (Å²) >= 11 is 0. The minimum atomic E-state index is -0.617. The van der Waals surface area contributed by atoms with Crippen molar-refractivity contribution in [2.45, 2.75) is 6.54 Å². The highest BCUT2D eigenvalue weighted by atomic mass is 16.6. The molecule has 0 fully saturated rings. The number of fused-ring (bicyclic) bond motifs is 1. The highest BCUT2D eigenvalue weighted by Gasteiger charge is 2.23. The molecule has 1 heterocycles. The van der Waals surface area contributed by atoms with Gasteiger partial charge < -0.3 is 0 Å². The zero-order valence-corrected chi connectivity index (χ0v) is 11.3. The average molecular weight is 297 g/mol. The predicted octanol–water partition coefficient (Wildman–Crippen LogP) is 0.754. The number of nitro benzene ring substituents is 1. The maximum Gasteiger partial charge on any atom is 0.296 e. The number of amides is 1. The van der Waals surface area contributed by atoms with E-state index in [1.54, 1.807) is 12.1 Å². The van der Waals surface area contributed by atoms with Crippen LogP contribution in [0.3, 0.4) is 0 Å². The number of nitro groups is 1. The van der Waals surface area contributed by atoms with Crippen LogP contribution in [0.1, 0.15) is 5.56 Å². The summed E-state index contributed by atoms with van der Waals surface area (Å²) in [7, 11) is 0. The minimum absolute atomic E-state index is 0.0532. The van der Waals surface area contributed by atoms with E-state index in [1.165, 1.54) is 18.2 Å². The lowest BCUT2D eigenvalue weighted by Gasteiger charge is -2.16. The molecule has 0 aliphatic carbocycles. The first-order chi connectivity index (χ1) is 10.6. The van der Waals surface area contributed by atoms with Crippen molar-refractivity contribution >= 4 is 17.3 Å². The first-order valence-corrected chi connectivity index (χ1v) is 6.48. The molecule has 2 aromatic rings. The molecule has 1 aliphatic heterocycles. The highest BCUT2D eigenvalue weighted by molar-refractivity contribution is 6.14. The number of rotatable bonds is 4. The molecule has 1 aliphatic rings. The molecule has 2 aromatic carbocycles. The molecule has 0 aromatic heterocycles. The molecular formula is C15H11N3O4. The van der Waals surface area contributed by atoms with Crippen LogP contribution in [0, 0.1) is 10.1 Å². The topological polar surface area (TPSA) is 96.0 Å². The van der Waals surface area contributed by atoms with E-state index in [0.717, 1.165) is 10.6 Å². The molecule has 7 heteroatoms. The maximum absolute atomic E-state index is 12.0. The van der Waals surface area contributed by atoms with Crippen molar-refractivity contribution < 1.29 is 14.9 Å². The fraction of sp³-hybridized carbons (Fsp3) is 0.0667. The van der Waals surface area contributed by atoms with E-state index >= 15 is 0 Å². The van der Waals surface area contributed by atoms with Crippen molar-refractivity contribution in [3.05, 3.63) is 74.8 Å². The molecular weight excluding hydrogens is 286 g/mol. The smallest absolute Gasteiger partial charge is 0.288 e. The van der Waals surface area contributed by atoms with E-state index in [-0.39, 0.29) is 23.1 Å². The Bertz CT molecular complexity index is 877. The number of hydrogen-bond donors (Lipinski definition) is 1. The summed E-state index contributed by atoms with van der Waals surface area (Å²) in [5.41, 5.74) is 0.584. The second kappa shape index (κ2) is 5.38. The third-order valence-electron chi connectivity index (χ3n) is 3.30. The third kappa shape index (κ3) is 2.45. The number of hydrogen-bond acceptors (Lipinski definition) is 5. The van der Waals surface area contributed by atoms with Gasteiger partial charge >= 0.3 is 0 Å². The largest absolute Gasteiger partial charge is 0.296 e. The third-order valence-corrected chi connectivity index (χ3v) is 3.30. The van der Waals surface area contributed by atoms with Gasteiger partial charge in [-0.3, -0.25) is 20.1 Å². The van der Waals surface area contributed by atoms with Gasteiger partial charge in [-0.05, 0) is 11.6 Å². The molecule has 0 spiro atoms. The second-order valence-corrected chi connectivity index (χ2v) is 4.77. The van der Waals surface area contributed by atoms with Gasteiger partial charge in [-0.2, -0.15) is 0 Å². The fourth-order valence-electron chi connectivity index (χ4n) is 2.29. The number of non-ortho nitro benzene ring substituents is 1. The van der Waals surface area contributed by atoms with E-state index in [9.17, 15) is 20.1 Å². The molecule has 0 saturated heterocycles. The van der Waals surface area contributed by atoms with Gasteiger partial charge in [0.25, 0.3) is 11.6 Å². The molecule has 0 bridgehead atoms. The van der Waals surface area contributed by atoms with Crippen LogP contribution in [0.2, 0.25) is 0 Å². The van der Waals surface area contributed by atoms with E-state index in [4.69, 9.17) is 0 Å². The molecule has 1 N–H and O–H groups in total. The fourth-order valence-corrected chi connectivity index (χ4v) is 2.29. The Morgan fingerprint density at radius 2 is 1.91 bits per heavy atom. The van der Waals surface area contributed by atoms with Gasteiger partial charge in [0.05, 0.1) is 16.8 Å². The monoisotopic (exact) mass is 297 g/mol. The normalized spacial score (nSPS) is 12.8. The number of carbonyl (C=O) groups excluding carboxylic acids is 1. The Labute approximate surface area is 124 Å². The Hall–Kier alpha value is -3.06. The van der Waals surface area contributed by atoms with Crippen LogP contribution < -0.4 is 10.6 Å². The van der Waals surface area contributed by atoms with Crippen molar-refractivity contribution in [3.8, 4) is 0 Å². The van der Waals surface area contributed by atoms with E-state index in [0.29, 0.717) is 5.36 Å². The van der Waals surface area contributed by atoms with Gasteiger partial charge in [0.2, 0.25) is 0 Å². The summed E-state index contributed by atoms with van der Waals surface area (Å²) < 4.78 is 0. The molecule has 0 atom stereocenters. The summed E-state index contributed by atoms with van der Waals surface area (Å²) in [4.78, 5) is 26.1. The Morgan fingerprint density at radius 1 is 1.18 bits per heavy atom. The Morgan fingerprint density at radius 3 is 2.59 bits per heavy atom. The lowest BCUT2D eigenvalue weighted by molar-refractivity contribution is -0.385. The van der Waals surface area contributed by atoms with Gasteiger partial charge in [-0.25, -0.2) is 10.1 Å². The van der Waals surface area contributed by atoms with Crippen LogP contribution in [0.25, 0.3) is 5.70 Å². The van der Waals surface area contributed by atoms with Crippen LogP contribution in [-0.2, 0) is 11.3 Å². The van der Waals surface area contributed by atoms with Gasteiger partial charge in [0, 0.05) is 17.4 Å². The minimum Gasteiger partial charge on any atom is -0.288 e. The SMILES string of the molecule is O=C1N=c2ccc([N+](=O)[O-])cc2=C1N(O)Cc1ccccc1. The number of nitrogens with zero attached hydrogens (tertiary/aromatic N) is 3. The summed E-state index contributed by atoms with van der Waals surface area (Å²) in [6, 6.07) is 13.0. The quantitative estimate of drug-likeness (QED) is 0.663. The van der Waals surface area contributed by atoms with Crippen LogP contribution in [0.4, 0.5) is 5.69 Å². The van der Waals surface area contributed by atoms with E-state index in [1.807, 2.05) is 18.2 Å². The first-order valence-electron chi connectivity index (χ1n) is 6.48. The summed E-state index contributed by atoms with van der Waals surface area (Å²) in [5.74, 6) is -0.617. The van der Waals surface area contributed by atoms with E-state index in [2.05, 4.69) is 4.99 Å². The predicted molar refractivity (Wildman–Crippen MR) is 76.1 cm³/mol. The molecule has 0 unspecified atom stereocenters. The van der Waals surface area contributed by atoms with Crippen LogP contribution in [0.5, 0.6) is 0 Å². The zero-order chi connectivity index (χ0) is 15.7. The molecule has 0 saturated carbocycles. The van der Waals surface area contributed by atoms with Crippen LogP contribution >= 0.6 is 0 Å². The van der Waals surface area contributed by atoms with Gasteiger partial charge in [0.15, 0.2) is 0 Å². The van der Waals surface area contributed by atoms with E-state index < -0.39 is 10.8 Å². The zero-order valence-electron chi connectivity index (χ0n) is 11.3. The summed E-state index contributed by atoms with van der Waals surface area (Å²) in [6.07, 6.45) is 0. The Balaban J connectivity index is 2.06.